The first kappa shape index (κ1) is 13.5. The molecule has 1 aromatic carbocycles. The third-order valence-corrected chi connectivity index (χ3v) is 5.38. The highest BCUT2D eigenvalue weighted by atomic mass is 79.9. The molecule has 0 aliphatic rings. The van der Waals surface area contributed by atoms with E-state index in [0.29, 0.717) is 5.02 Å². The van der Waals surface area contributed by atoms with Gasteiger partial charge in [0.1, 0.15) is 0 Å². The molecule has 3 N–H and O–H groups in total. The van der Waals surface area contributed by atoms with Gasteiger partial charge in [-0.2, -0.15) is 11.3 Å². The minimum absolute atomic E-state index is 0.0683. The Kier molecular flexibility index (Phi) is 4.63. The summed E-state index contributed by atoms with van der Waals surface area (Å²) < 4.78 is 1.92. The van der Waals surface area contributed by atoms with E-state index in [4.69, 9.17) is 17.4 Å². The maximum Gasteiger partial charge on any atom is 0.0729 e. The Morgan fingerprint density at radius 2 is 2.00 bits per heavy atom. The summed E-state index contributed by atoms with van der Waals surface area (Å²) in [4.78, 5) is 0. The Balaban J connectivity index is 2.42. The van der Waals surface area contributed by atoms with Crippen LogP contribution in [-0.4, -0.2) is 0 Å². The Morgan fingerprint density at radius 1 is 1.24 bits per heavy atom. The molecule has 0 amide bonds. The van der Waals surface area contributed by atoms with Gasteiger partial charge in [0.25, 0.3) is 0 Å². The van der Waals surface area contributed by atoms with Crippen LogP contribution in [0, 0.1) is 0 Å². The third kappa shape index (κ3) is 2.92. The molecule has 0 radical (unpaired) electrons. The van der Waals surface area contributed by atoms with Crippen molar-refractivity contribution in [1.29, 1.82) is 0 Å². The lowest BCUT2D eigenvalue weighted by atomic mass is 10.0. The summed E-state index contributed by atoms with van der Waals surface area (Å²) in [5.41, 5.74) is 4.95. The van der Waals surface area contributed by atoms with E-state index < -0.39 is 0 Å². The van der Waals surface area contributed by atoms with Gasteiger partial charge in [0, 0.05) is 14.3 Å². The van der Waals surface area contributed by atoms with Crippen LogP contribution >= 0.6 is 54.8 Å². The summed E-state index contributed by atoms with van der Waals surface area (Å²) in [6, 6.07) is 5.74. The zero-order chi connectivity index (χ0) is 12.4. The largest absolute Gasteiger partial charge is 0.271 e. The van der Waals surface area contributed by atoms with Gasteiger partial charge in [-0.3, -0.25) is 5.84 Å². The first-order valence-corrected chi connectivity index (χ1v) is 7.67. The zero-order valence-corrected chi connectivity index (χ0v) is 13.3. The fourth-order valence-electron chi connectivity index (χ4n) is 1.55. The lowest BCUT2D eigenvalue weighted by Crippen LogP contribution is -2.28. The topological polar surface area (TPSA) is 38.0 Å². The highest BCUT2D eigenvalue weighted by molar-refractivity contribution is 9.10. The van der Waals surface area contributed by atoms with Crippen molar-refractivity contribution < 1.29 is 0 Å². The van der Waals surface area contributed by atoms with E-state index in [1.807, 2.05) is 23.6 Å². The van der Waals surface area contributed by atoms with Crippen LogP contribution < -0.4 is 11.3 Å². The van der Waals surface area contributed by atoms with Gasteiger partial charge < -0.3 is 0 Å². The average molecular weight is 397 g/mol. The van der Waals surface area contributed by atoms with E-state index in [2.05, 4.69) is 42.7 Å². The van der Waals surface area contributed by atoms with Gasteiger partial charge in [-0.25, -0.2) is 5.43 Å². The van der Waals surface area contributed by atoms with Gasteiger partial charge in [-0.15, -0.1) is 0 Å². The summed E-state index contributed by atoms with van der Waals surface area (Å²) in [5.74, 6) is 5.63. The lowest BCUT2D eigenvalue weighted by Gasteiger charge is -2.16. The molecule has 0 aliphatic heterocycles. The van der Waals surface area contributed by atoms with E-state index in [-0.39, 0.29) is 6.04 Å². The lowest BCUT2D eigenvalue weighted by molar-refractivity contribution is 0.636. The van der Waals surface area contributed by atoms with E-state index in [9.17, 15) is 0 Å². The fraction of sp³-hybridized carbons (Fsp3) is 0.0909. The van der Waals surface area contributed by atoms with Gasteiger partial charge in [0.05, 0.1) is 11.1 Å². The molecule has 0 saturated carbocycles. The Hall–Kier alpha value is 0.0900. The van der Waals surface area contributed by atoms with Gasteiger partial charge >= 0.3 is 0 Å². The first-order valence-electron chi connectivity index (χ1n) is 4.76. The van der Waals surface area contributed by atoms with Crippen LogP contribution in [0.2, 0.25) is 5.02 Å². The number of thiophene rings is 1. The molecule has 0 spiro atoms. The average Bonchev–Trinajstić information content (AvgIpc) is 2.71. The maximum atomic E-state index is 6.09. The fourth-order valence-corrected chi connectivity index (χ4v) is 3.54. The predicted molar refractivity (Wildman–Crippen MR) is 80.3 cm³/mol. The first-order chi connectivity index (χ1) is 8.13. The van der Waals surface area contributed by atoms with Crippen molar-refractivity contribution >= 4 is 54.8 Å². The van der Waals surface area contributed by atoms with Crippen molar-refractivity contribution in [3.63, 3.8) is 0 Å². The number of nitrogens with one attached hydrogen (secondary N) is 1. The van der Waals surface area contributed by atoms with E-state index >= 15 is 0 Å². The number of nitrogens with two attached hydrogens (primary N) is 1. The van der Waals surface area contributed by atoms with Gasteiger partial charge in [-0.1, -0.05) is 17.7 Å². The molecule has 90 valence electrons. The molecule has 17 heavy (non-hydrogen) atoms. The number of hydrogen-bond donors (Lipinski definition) is 2. The Morgan fingerprint density at radius 3 is 2.53 bits per heavy atom. The van der Waals surface area contributed by atoms with Crippen molar-refractivity contribution in [3.8, 4) is 0 Å². The molecular formula is C11H9Br2ClN2S. The maximum absolute atomic E-state index is 6.09. The number of hydrazine groups is 1. The van der Waals surface area contributed by atoms with Crippen molar-refractivity contribution in [2.24, 2.45) is 5.84 Å². The SMILES string of the molecule is NNC(c1ccc(Br)c(Cl)c1)c1cscc1Br. The van der Waals surface area contributed by atoms with Gasteiger partial charge in [0.15, 0.2) is 0 Å². The van der Waals surface area contributed by atoms with Crippen LogP contribution in [0.4, 0.5) is 0 Å². The third-order valence-electron chi connectivity index (χ3n) is 2.40. The van der Waals surface area contributed by atoms with Crippen molar-refractivity contribution in [2.75, 3.05) is 0 Å². The summed E-state index contributed by atoms with van der Waals surface area (Å²) in [5, 5.41) is 4.76. The summed E-state index contributed by atoms with van der Waals surface area (Å²) >= 11 is 14.6. The second-order valence-corrected chi connectivity index (χ2v) is 6.31. The molecule has 2 aromatic rings. The molecule has 1 heterocycles. The normalized spacial score (nSPS) is 12.7. The quantitative estimate of drug-likeness (QED) is 0.593. The summed E-state index contributed by atoms with van der Waals surface area (Å²) in [7, 11) is 0. The highest BCUT2D eigenvalue weighted by Crippen LogP contribution is 2.33. The second-order valence-electron chi connectivity index (χ2n) is 3.45. The minimum Gasteiger partial charge on any atom is -0.271 e. The van der Waals surface area contributed by atoms with Crippen LogP contribution in [0.3, 0.4) is 0 Å². The van der Waals surface area contributed by atoms with E-state index in [1.54, 1.807) is 11.3 Å². The molecule has 1 atom stereocenters. The summed E-state index contributed by atoms with van der Waals surface area (Å²) in [6.45, 7) is 0. The molecule has 0 fully saturated rings. The predicted octanol–water partition coefficient (Wildman–Crippen LogP) is 4.48. The standard InChI is InChI=1S/C11H9Br2ClN2S/c12-8-2-1-6(3-10(8)14)11(16-15)7-4-17-5-9(7)13/h1-5,11,16H,15H2. The smallest absolute Gasteiger partial charge is 0.0729 e. The molecule has 1 unspecified atom stereocenters. The van der Waals surface area contributed by atoms with Gasteiger partial charge in [-0.05, 0) is 60.5 Å². The Labute approximate surface area is 125 Å². The highest BCUT2D eigenvalue weighted by Gasteiger charge is 2.16. The van der Waals surface area contributed by atoms with Crippen LogP contribution in [-0.2, 0) is 0 Å². The van der Waals surface area contributed by atoms with E-state index in [0.717, 1.165) is 20.1 Å². The molecule has 0 saturated heterocycles. The van der Waals surface area contributed by atoms with Crippen molar-refractivity contribution in [3.05, 3.63) is 54.1 Å². The number of benzene rings is 1. The minimum atomic E-state index is -0.0683. The molecule has 6 heteroatoms. The second kappa shape index (κ2) is 5.82. The molecule has 0 bridgehead atoms. The van der Waals surface area contributed by atoms with Crippen LogP contribution in [0.15, 0.2) is 37.9 Å². The number of halogens is 3. The zero-order valence-electron chi connectivity index (χ0n) is 8.58. The van der Waals surface area contributed by atoms with Gasteiger partial charge in [0.2, 0.25) is 0 Å². The molecule has 0 aliphatic carbocycles. The molecular weight excluding hydrogens is 387 g/mol. The van der Waals surface area contributed by atoms with Crippen LogP contribution in [0.1, 0.15) is 17.2 Å². The summed E-state index contributed by atoms with van der Waals surface area (Å²) in [6.07, 6.45) is 0. The van der Waals surface area contributed by atoms with Crippen molar-refractivity contribution in [2.45, 2.75) is 6.04 Å². The molecule has 2 rings (SSSR count). The number of hydrogen-bond acceptors (Lipinski definition) is 3. The monoisotopic (exact) mass is 394 g/mol. The number of rotatable bonds is 3. The van der Waals surface area contributed by atoms with Crippen LogP contribution in [0.25, 0.3) is 0 Å². The van der Waals surface area contributed by atoms with Crippen LogP contribution in [0.5, 0.6) is 0 Å². The van der Waals surface area contributed by atoms with Crippen molar-refractivity contribution in [1.82, 2.24) is 5.43 Å². The van der Waals surface area contributed by atoms with E-state index in [1.165, 1.54) is 0 Å². The molecule has 2 nitrogen and oxygen atoms in total. The Bertz CT molecular complexity index is 530. The molecule has 1 aromatic heterocycles.